The number of imide groups is 1. The Kier molecular flexibility index (Phi) is 6.63. The maximum absolute atomic E-state index is 11.7. The Morgan fingerprint density at radius 2 is 1.88 bits per heavy atom. The van der Waals surface area contributed by atoms with Gasteiger partial charge in [-0.2, -0.15) is 5.10 Å². The third kappa shape index (κ3) is 5.32. The standard InChI is InChI=1S/C23H24N8O2S/c32-21-19(34-23(33)30-21)12-17-7-10-25-22(29-17)28-16-5-3-15(4-6-16)26-13-14-2-1-9-24-20(14)18-8-11-27-31-18/h1-2,7-12,15-16,26H,3-6,13H2,(H,27,31)(H,25,28,29)(H,30,32,33). The Labute approximate surface area is 200 Å². The Balaban J connectivity index is 1.13. The number of hydrogen-bond acceptors (Lipinski definition) is 9. The lowest BCUT2D eigenvalue weighted by atomic mass is 9.91. The number of H-pyrrole nitrogens is 1. The number of aromatic nitrogens is 5. The number of aromatic amines is 1. The van der Waals surface area contributed by atoms with Gasteiger partial charge in [0.1, 0.15) is 0 Å². The summed E-state index contributed by atoms with van der Waals surface area (Å²) in [6.07, 6.45) is 10.9. The molecule has 10 nitrogen and oxygen atoms in total. The van der Waals surface area contributed by atoms with Crippen LogP contribution in [0.2, 0.25) is 0 Å². The van der Waals surface area contributed by atoms with Crippen LogP contribution in [0.4, 0.5) is 10.7 Å². The van der Waals surface area contributed by atoms with Crippen molar-refractivity contribution in [3.8, 4) is 11.4 Å². The largest absolute Gasteiger partial charge is 0.351 e. The molecule has 0 bridgehead atoms. The van der Waals surface area contributed by atoms with Crippen LogP contribution < -0.4 is 16.0 Å². The smallest absolute Gasteiger partial charge is 0.290 e. The van der Waals surface area contributed by atoms with Gasteiger partial charge in [0.2, 0.25) is 5.95 Å². The second-order valence-corrected chi connectivity index (χ2v) is 9.23. The molecule has 1 saturated carbocycles. The van der Waals surface area contributed by atoms with Gasteiger partial charge in [-0.05, 0) is 67.3 Å². The van der Waals surface area contributed by atoms with Crippen molar-refractivity contribution in [2.24, 2.45) is 0 Å². The summed E-state index contributed by atoms with van der Waals surface area (Å²) in [4.78, 5) is 36.7. The number of rotatable bonds is 7. The minimum atomic E-state index is -0.392. The molecule has 2 amide bonds. The number of carbonyl (C=O) groups excluding carboxylic acids is 2. The van der Waals surface area contributed by atoms with Gasteiger partial charge >= 0.3 is 0 Å². The molecular weight excluding hydrogens is 452 g/mol. The second-order valence-electron chi connectivity index (χ2n) is 8.21. The number of pyridine rings is 1. The van der Waals surface area contributed by atoms with Crippen LogP contribution in [0.25, 0.3) is 17.5 Å². The summed E-state index contributed by atoms with van der Waals surface area (Å²) in [7, 11) is 0. The molecule has 5 rings (SSSR count). The molecule has 2 fully saturated rings. The molecule has 0 aromatic carbocycles. The van der Waals surface area contributed by atoms with E-state index in [1.807, 2.05) is 12.1 Å². The summed E-state index contributed by atoms with van der Waals surface area (Å²) in [5, 5.41) is 16.0. The minimum Gasteiger partial charge on any atom is -0.351 e. The lowest BCUT2D eigenvalue weighted by molar-refractivity contribution is -0.115. The molecule has 2 aliphatic rings. The van der Waals surface area contributed by atoms with Crippen LogP contribution in [0, 0.1) is 0 Å². The molecule has 3 aromatic rings. The average molecular weight is 477 g/mol. The van der Waals surface area contributed by atoms with Crippen molar-refractivity contribution < 1.29 is 9.59 Å². The third-order valence-corrected chi connectivity index (χ3v) is 6.70. The minimum absolute atomic E-state index is 0.283. The van der Waals surface area contributed by atoms with Crippen molar-refractivity contribution in [3.63, 3.8) is 0 Å². The number of carbonyl (C=O) groups is 2. The van der Waals surface area contributed by atoms with E-state index in [1.165, 1.54) is 0 Å². The van der Waals surface area contributed by atoms with Gasteiger partial charge in [0.05, 0.1) is 22.0 Å². The van der Waals surface area contributed by atoms with Crippen molar-refractivity contribution in [2.45, 2.75) is 44.3 Å². The van der Waals surface area contributed by atoms with E-state index in [2.05, 4.69) is 47.2 Å². The van der Waals surface area contributed by atoms with E-state index in [0.29, 0.717) is 22.6 Å². The third-order valence-electron chi connectivity index (χ3n) is 5.89. The summed E-state index contributed by atoms with van der Waals surface area (Å²) in [6, 6.07) is 8.40. The fourth-order valence-electron chi connectivity index (χ4n) is 4.17. The zero-order valence-electron chi connectivity index (χ0n) is 18.3. The van der Waals surface area contributed by atoms with Gasteiger partial charge in [-0.1, -0.05) is 6.07 Å². The fourth-order valence-corrected chi connectivity index (χ4v) is 4.84. The molecule has 4 heterocycles. The zero-order valence-corrected chi connectivity index (χ0v) is 19.1. The molecule has 3 aromatic heterocycles. The first-order valence-electron chi connectivity index (χ1n) is 11.2. The van der Waals surface area contributed by atoms with Gasteiger partial charge in [-0.3, -0.25) is 25.0 Å². The first-order chi connectivity index (χ1) is 16.6. The highest BCUT2D eigenvalue weighted by atomic mass is 32.2. The van der Waals surface area contributed by atoms with Crippen LogP contribution in [-0.2, 0) is 11.3 Å². The van der Waals surface area contributed by atoms with Crippen LogP contribution in [0.1, 0.15) is 36.9 Å². The number of hydrogen-bond donors (Lipinski definition) is 4. The maximum Gasteiger partial charge on any atom is 0.290 e. The number of nitrogens with zero attached hydrogens (tertiary/aromatic N) is 4. The fraction of sp³-hybridized carbons (Fsp3) is 0.304. The summed E-state index contributed by atoms with van der Waals surface area (Å²) in [5.74, 6) is 0.136. The van der Waals surface area contributed by atoms with Crippen molar-refractivity contribution in [1.29, 1.82) is 0 Å². The number of nitrogens with one attached hydrogen (secondary N) is 4. The lowest BCUT2D eigenvalue weighted by Crippen LogP contribution is -2.37. The molecule has 0 unspecified atom stereocenters. The zero-order chi connectivity index (χ0) is 23.3. The van der Waals surface area contributed by atoms with Gasteiger partial charge in [-0.25, -0.2) is 9.97 Å². The van der Waals surface area contributed by atoms with E-state index in [1.54, 1.807) is 30.7 Å². The van der Waals surface area contributed by atoms with Crippen molar-refractivity contribution in [2.75, 3.05) is 5.32 Å². The van der Waals surface area contributed by atoms with Crippen LogP contribution >= 0.6 is 11.8 Å². The summed E-state index contributed by atoms with van der Waals surface area (Å²) in [6.45, 7) is 0.749. The summed E-state index contributed by atoms with van der Waals surface area (Å²) >= 11 is 0.878. The van der Waals surface area contributed by atoms with Gasteiger partial charge in [0.25, 0.3) is 11.1 Å². The van der Waals surface area contributed by atoms with E-state index >= 15 is 0 Å². The van der Waals surface area contributed by atoms with E-state index in [0.717, 1.165) is 60.9 Å². The van der Waals surface area contributed by atoms with Gasteiger partial charge in [0, 0.05) is 37.2 Å². The van der Waals surface area contributed by atoms with Crippen molar-refractivity contribution in [1.82, 2.24) is 35.8 Å². The molecule has 34 heavy (non-hydrogen) atoms. The van der Waals surface area contributed by atoms with Crippen LogP contribution in [-0.4, -0.2) is 48.4 Å². The molecule has 0 atom stereocenters. The quantitative estimate of drug-likeness (QED) is 0.379. The van der Waals surface area contributed by atoms with E-state index in [4.69, 9.17) is 0 Å². The van der Waals surface area contributed by atoms with Crippen molar-refractivity contribution in [3.05, 3.63) is 59.0 Å². The molecule has 11 heteroatoms. The molecule has 0 spiro atoms. The maximum atomic E-state index is 11.7. The Morgan fingerprint density at radius 1 is 1.03 bits per heavy atom. The molecule has 0 radical (unpaired) electrons. The first-order valence-corrected chi connectivity index (χ1v) is 12.0. The predicted molar refractivity (Wildman–Crippen MR) is 129 cm³/mol. The van der Waals surface area contributed by atoms with Gasteiger partial charge in [0.15, 0.2) is 0 Å². The average Bonchev–Trinajstić information content (AvgIpc) is 3.49. The molecule has 4 N–H and O–H groups in total. The Morgan fingerprint density at radius 3 is 2.65 bits per heavy atom. The van der Waals surface area contributed by atoms with Crippen LogP contribution in [0.3, 0.4) is 0 Å². The monoisotopic (exact) mass is 476 g/mol. The lowest BCUT2D eigenvalue weighted by Gasteiger charge is -2.30. The van der Waals surface area contributed by atoms with Crippen molar-refractivity contribution >= 4 is 34.9 Å². The summed E-state index contributed by atoms with van der Waals surface area (Å²) in [5.41, 5.74) is 3.57. The number of anilines is 1. The Hall–Kier alpha value is -3.57. The van der Waals surface area contributed by atoms with E-state index in [9.17, 15) is 9.59 Å². The SMILES string of the molecule is O=C1NC(=O)C(=Cc2ccnc(NC3CCC(NCc4cccnc4-c4ccn[nH]4)CC3)n2)S1. The highest BCUT2D eigenvalue weighted by Gasteiger charge is 2.25. The molecule has 1 saturated heterocycles. The van der Waals surface area contributed by atoms with Crippen LogP contribution in [0.5, 0.6) is 0 Å². The molecular formula is C23H24N8O2S. The Bertz CT molecular complexity index is 1210. The second kappa shape index (κ2) is 10.1. The van der Waals surface area contributed by atoms with Gasteiger partial charge < -0.3 is 10.6 Å². The first kappa shape index (κ1) is 22.2. The summed E-state index contributed by atoms with van der Waals surface area (Å²) < 4.78 is 0. The van der Waals surface area contributed by atoms with E-state index in [-0.39, 0.29) is 11.3 Å². The highest BCUT2D eigenvalue weighted by molar-refractivity contribution is 8.18. The molecule has 174 valence electrons. The number of thioether (sulfide) groups is 1. The topological polar surface area (TPSA) is 138 Å². The number of amides is 2. The normalized spacial score (nSPS) is 21.6. The van der Waals surface area contributed by atoms with Crippen LogP contribution in [0.15, 0.2) is 47.8 Å². The van der Waals surface area contributed by atoms with Gasteiger partial charge in [-0.15, -0.1) is 0 Å². The molecule has 1 aliphatic carbocycles. The highest BCUT2D eigenvalue weighted by Crippen LogP contribution is 2.26. The predicted octanol–water partition coefficient (Wildman–Crippen LogP) is 3.10. The molecule has 1 aliphatic heterocycles. The van der Waals surface area contributed by atoms with E-state index < -0.39 is 5.91 Å².